The first-order chi connectivity index (χ1) is 54.7. The number of benzene rings is 4. The molecule has 2 aromatic heterocycles. The highest BCUT2D eigenvalue weighted by Crippen LogP contribution is 2.26. The molecule has 0 radical (unpaired) electrons. The Morgan fingerprint density at radius 3 is 1.57 bits per heavy atom. The van der Waals surface area contributed by atoms with E-state index >= 15 is 9.59 Å². The summed E-state index contributed by atoms with van der Waals surface area (Å²) in [6.45, 7) is 11.9. The summed E-state index contributed by atoms with van der Waals surface area (Å²) in [6, 6.07) is 11.8. The van der Waals surface area contributed by atoms with Crippen molar-refractivity contribution < 1.29 is 87.5 Å². The van der Waals surface area contributed by atoms with Crippen molar-refractivity contribution in [1.82, 2.24) is 68.0 Å². The number of carboxylic acid groups (broad SMARTS) is 3. The van der Waals surface area contributed by atoms with Crippen molar-refractivity contribution in [3.63, 3.8) is 0 Å². The Bertz CT molecular complexity index is 4370. The molecule has 0 spiro atoms. The lowest BCUT2D eigenvalue weighted by atomic mass is 9.97. The number of rotatable bonds is 46. The summed E-state index contributed by atoms with van der Waals surface area (Å²) in [7, 11) is 0. The normalized spacial score (nSPS) is 15.9. The molecule has 6 aromatic rings. The van der Waals surface area contributed by atoms with Gasteiger partial charge in [-0.25, -0.2) is 4.79 Å². The maximum Gasteiger partial charge on any atom is 0.326 e. The van der Waals surface area contributed by atoms with Crippen molar-refractivity contribution in [3.05, 3.63) is 138 Å². The van der Waals surface area contributed by atoms with Crippen LogP contribution in [-0.2, 0) is 92.1 Å². The number of para-hydroxylation sites is 2. The number of carbonyl (C=O) groups excluding carboxylic acids is 11. The first-order valence-electron chi connectivity index (χ1n) is 38.5. The summed E-state index contributed by atoms with van der Waals surface area (Å²) >= 11 is 2.71. The number of likely N-dealkylation sites (tertiary alicyclic amines) is 1. The number of carbonyl (C=O) groups is 14. The molecule has 0 saturated carbocycles. The van der Waals surface area contributed by atoms with Gasteiger partial charge >= 0.3 is 17.9 Å². The molecule has 1 aliphatic heterocycles. The number of thioether (sulfide) groups is 2. The number of hydrogen-bond donors (Lipinski definition) is 17. The molecular formula is C81H108N14O18S2. The molecule has 3 heterocycles. The van der Waals surface area contributed by atoms with E-state index in [1.807, 2.05) is 50.4 Å². The molecule has 0 bridgehead atoms. The van der Waals surface area contributed by atoms with Crippen LogP contribution in [0.25, 0.3) is 21.8 Å². The number of aliphatic carboxylic acids is 3. The number of nitrogens with one attached hydrogen (secondary N) is 12. The number of carboxylic acids is 3. The lowest BCUT2D eigenvalue weighted by Crippen LogP contribution is -2.61. The van der Waals surface area contributed by atoms with Gasteiger partial charge < -0.3 is 94.2 Å². The molecule has 34 heteroatoms. The van der Waals surface area contributed by atoms with Crippen molar-refractivity contribution in [1.29, 1.82) is 0 Å². The molecule has 622 valence electrons. The van der Waals surface area contributed by atoms with Gasteiger partial charge in [-0.15, -0.1) is 0 Å². The number of phenols is 1. The number of aromatic nitrogens is 2. The van der Waals surface area contributed by atoms with Gasteiger partial charge in [-0.2, -0.15) is 23.5 Å². The summed E-state index contributed by atoms with van der Waals surface area (Å²) in [5.74, 6) is -14.1. The van der Waals surface area contributed by atoms with Gasteiger partial charge in [-0.1, -0.05) is 127 Å². The first kappa shape index (κ1) is 91.2. The van der Waals surface area contributed by atoms with Crippen molar-refractivity contribution in [2.24, 2.45) is 23.5 Å². The number of hydrogen-bond acceptors (Lipinski definition) is 18. The van der Waals surface area contributed by atoms with Crippen molar-refractivity contribution >= 4 is 128 Å². The molecule has 11 amide bonds. The topological polar surface area (TPSA) is 501 Å². The number of aromatic hydroxyl groups is 1. The van der Waals surface area contributed by atoms with E-state index in [0.29, 0.717) is 56.4 Å². The highest BCUT2D eigenvalue weighted by molar-refractivity contribution is 7.98. The summed E-state index contributed by atoms with van der Waals surface area (Å²) in [5, 5.41) is 67.9. The van der Waals surface area contributed by atoms with Crippen LogP contribution in [0.2, 0.25) is 0 Å². The number of fused-ring (bicyclic) bond motifs is 2. The van der Waals surface area contributed by atoms with Crippen LogP contribution in [0.15, 0.2) is 116 Å². The van der Waals surface area contributed by atoms with Crippen LogP contribution in [0.3, 0.4) is 0 Å². The molecule has 7 rings (SSSR count). The van der Waals surface area contributed by atoms with Gasteiger partial charge in [0.25, 0.3) is 0 Å². The van der Waals surface area contributed by atoms with Gasteiger partial charge in [0.2, 0.25) is 65.0 Å². The molecular weight excluding hydrogens is 1520 g/mol. The fraction of sp³-hybridized carbons (Fsp3) is 0.481. The van der Waals surface area contributed by atoms with Gasteiger partial charge in [-0.05, 0) is 122 Å². The molecule has 4 aromatic carbocycles. The molecule has 115 heavy (non-hydrogen) atoms. The second-order valence-electron chi connectivity index (χ2n) is 29.8. The maximum absolute atomic E-state index is 15.6. The average molecular weight is 1630 g/mol. The SMILES string of the molecule is CC[C@H](C)[C@H](NC(=O)[C@H](CC(C)C)NC(=O)[C@H](C)NC(=O)[C@H](CSCc1ccccc1)NC(=O)[C@H](CC(C)C)NC(=O)[C@H](CCC(=O)O)NC(=O)[C@@H]1CCCN1C(=O)[C@H](Cc1c[nH]c2ccccc12)NC(=O)[C@H](Cc1c[nH]c2ccccc12)NC(=O)[C@H](CC(=O)O)NC(=O)[C@H](Cc1ccc(O)cc1)NC(=O)[C@@H](N)CCSC)C(=O)O. The number of phenolic OH excluding ortho intramolecular Hbond substituents is 1. The van der Waals surface area contributed by atoms with Gasteiger partial charge in [0, 0.05) is 77.9 Å². The average Bonchev–Trinajstić information content (AvgIpc) is 1.69. The molecule has 32 nitrogen and oxygen atoms in total. The fourth-order valence-electron chi connectivity index (χ4n) is 13.3. The van der Waals surface area contributed by atoms with Crippen molar-refractivity contribution in [2.45, 2.75) is 204 Å². The minimum Gasteiger partial charge on any atom is -0.508 e. The van der Waals surface area contributed by atoms with E-state index < -0.39 is 181 Å². The standard InChI is InChI=1S/C81H108N14O18S2/c1-9-46(6)69(81(112)113)94-77(108)60(35-45(4)5)87-70(101)47(7)85-78(109)65(43-115-42-49-18-11-10-12-19-49)93-73(104)59(34-44(2)3)89-72(103)58(29-30-67(97)98)86-79(110)66-24-17-32-95(66)80(111)64(38-51-41-84-57-23-16-14-21-54(51)57)92-75(106)62(37-50-40-83-56-22-15-13-20-53(50)56)90-76(107)63(39-68(99)100)91-74(105)61(36-48-25-27-52(96)28-26-48)88-71(102)55(82)31-33-114-8/h10-16,18-23,25-28,40-41,44-47,55,58-66,69,83-84,96H,9,17,24,29-39,42-43,82H2,1-8H3,(H,85,109)(H,86,110)(H,87,101)(H,88,102)(H,89,103)(H,90,107)(H,91,105)(H,92,106)(H,93,104)(H,94,108)(H,97,98)(H,99,100)(H,112,113)/t46-,47-,55-,58-,59-,60-,61-,62-,63-,64-,65-,66-,69-/m0/s1. The second-order valence-corrected chi connectivity index (χ2v) is 31.8. The van der Waals surface area contributed by atoms with Crippen LogP contribution in [0, 0.1) is 17.8 Å². The number of nitrogens with zero attached hydrogens (tertiary/aromatic N) is 1. The van der Waals surface area contributed by atoms with Crippen molar-refractivity contribution in [3.8, 4) is 5.75 Å². The number of amides is 11. The van der Waals surface area contributed by atoms with Crippen LogP contribution < -0.4 is 58.9 Å². The molecule has 1 aliphatic rings. The van der Waals surface area contributed by atoms with Gasteiger partial charge in [0.15, 0.2) is 0 Å². The third-order valence-corrected chi connectivity index (χ3v) is 21.5. The van der Waals surface area contributed by atoms with E-state index in [2.05, 4.69) is 63.1 Å². The Hall–Kier alpha value is -11.0. The maximum atomic E-state index is 15.6. The largest absolute Gasteiger partial charge is 0.508 e. The Balaban J connectivity index is 1.14. The van der Waals surface area contributed by atoms with Crippen LogP contribution >= 0.6 is 23.5 Å². The quantitative estimate of drug-likeness (QED) is 0.0258. The molecule has 1 fully saturated rings. The summed E-state index contributed by atoms with van der Waals surface area (Å²) in [6.07, 6.45) is 3.06. The van der Waals surface area contributed by atoms with Crippen LogP contribution in [0.1, 0.15) is 129 Å². The molecule has 18 N–H and O–H groups in total. The van der Waals surface area contributed by atoms with E-state index in [1.54, 1.807) is 88.6 Å². The zero-order valence-electron chi connectivity index (χ0n) is 65.8. The molecule has 1 saturated heterocycles. The lowest BCUT2D eigenvalue weighted by Gasteiger charge is -2.31. The van der Waals surface area contributed by atoms with Crippen LogP contribution in [0.5, 0.6) is 5.75 Å². The number of H-pyrrole nitrogens is 2. The summed E-state index contributed by atoms with van der Waals surface area (Å²) < 4.78 is 0. The van der Waals surface area contributed by atoms with Gasteiger partial charge in [0.1, 0.15) is 72.2 Å². The Labute approximate surface area is 675 Å². The second kappa shape index (κ2) is 44.6. The highest BCUT2D eigenvalue weighted by atomic mass is 32.2. The predicted molar refractivity (Wildman–Crippen MR) is 434 cm³/mol. The Kier molecular flexibility index (Phi) is 35.4. The minimum absolute atomic E-state index is 0.00266. The first-order valence-corrected chi connectivity index (χ1v) is 41.0. The smallest absolute Gasteiger partial charge is 0.326 e. The third kappa shape index (κ3) is 27.9. The number of aromatic amines is 2. The minimum atomic E-state index is -1.90. The highest BCUT2D eigenvalue weighted by Gasteiger charge is 2.42. The van der Waals surface area contributed by atoms with Crippen molar-refractivity contribution in [2.75, 3.05) is 24.3 Å². The van der Waals surface area contributed by atoms with E-state index in [4.69, 9.17) is 5.73 Å². The fourth-order valence-corrected chi connectivity index (χ4v) is 14.8. The zero-order chi connectivity index (χ0) is 84.2. The Morgan fingerprint density at radius 1 is 0.513 bits per heavy atom. The summed E-state index contributed by atoms with van der Waals surface area (Å²) in [5.41, 5.74) is 9.86. The molecule has 0 unspecified atom stereocenters. The van der Waals surface area contributed by atoms with E-state index in [0.717, 1.165) is 5.56 Å². The lowest BCUT2D eigenvalue weighted by molar-refractivity contribution is -0.144. The van der Waals surface area contributed by atoms with Crippen LogP contribution in [-0.4, -0.2) is 215 Å². The molecule has 0 aliphatic carbocycles. The van der Waals surface area contributed by atoms with Crippen LogP contribution in [0.4, 0.5) is 0 Å². The predicted octanol–water partition coefficient (Wildman–Crippen LogP) is 3.82. The van der Waals surface area contributed by atoms with Gasteiger partial charge in [0.05, 0.1) is 12.5 Å². The Morgan fingerprint density at radius 2 is 1.00 bits per heavy atom. The number of nitrogens with two attached hydrogens (primary N) is 1. The monoisotopic (exact) mass is 1630 g/mol. The van der Waals surface area contributed by atoms with E-state index in [9.17, 15) is 78.0 Å². The summed E-state index contributed by atoms with van der Waals surface area (Å²) in [4.78, 5) is 205. The zero-order valence-corrected chi connectivity index (χ0v) is 67.4. The van der Waals surface area contributed by atoms with Gasteiger partial charge in [-0.3, -0.25) is 62.3 Å². The van der Waals surface area contributed by atoms with E-state index in [1.165, 1.54) is 59.6 Å². The molecule has 13 atom stereocenters. The third-order valence-electron chi connectivity index (χ3n) is 19.8. The van der Waals surface area contributed by atoms with E-state index in [-0.39, 0.29) is 81.2 Å².